The van der Waals surface area contributed by atoms with Crippen molar-refractivity contribution in [2.45, 2.75) is 6.92 Å². The summed E-state index contributed by atoms with van der Waals surface area (Å²) in [4.78, 5) is 14.9. The van der Waals surface area contributed by atoms with Gasteiger partial charge in [0, 0.05) is 21.7 Å². The summed E-state index contributed by atoms with van der Waals surface area (Å²) in [6, 6.07) is 6.67. The Morgan fingerprint density at radius 1 is 1.40 bits per heavy atom. The predicted octanol–water partition coefficient (Wildman–Crippen LogP) is 1.56. The topological polar surface area (TPSA) is 53.0 Å². The van der Waals surface area contributed by atoms with Crippen LogP contribution in [0.2, 0.25) is 5.02 Å². The van der Waals surface area contributed by atoms with Crippen molar-refractivity contribution >= 4 is 28.5 Å². The molecule has 76 valence electrons. The lowest BCUT2D eigenvalue weighted by molar-refractivity contribution is -0.255. The first-order chi connectivity index (χ1) is 7.08. The van der Waals surface area contributed by atoms with Crippen LogP contribution >= 0.6 is 11.6 Å². The van der Waals surface area contributed by atoms with Gasteiger partial charge in [0.1, 0.15) is 0 Å². The average molecular weight is 221 g/mol. The van der Waals surface area contributed by atoms with E-state index in [0.717, 1.165) is 5.52 Å². The molecule has 0 N–H and O–H groups in total. The number of aromatic carboxylic acids is 1. The monoisotopic (exact) mass is 220 g/mol. The number of carbonyl (C=O) groups is 1. The van der Waals surface area contributed by atoms with Crippen molar-refractivity contribution in [2.75, 3.05) is 0 Å². The number of rotatable bonds is 1. The second-order valence-corrected chi connectivity index (χ2v) is 3.68. The minimum Gasteiger partial charge on any atom is -0.545 e. The molecule has 0 saturated carbocycles. The van der Waals surface area contributed by atoms with E-state index in [1.165, 1.54) is 6.07 Å². The zero-order valence-electron chi connectivity index (χ0n) is 7.95. The van der Waals surface area contributed by atoms with E-state index in [0.29, 0.717) is 16.1 Å². The van der Waals surface area contributed by atoms with Gasteiger partial charge >= 0.3 is 0 Å². The van der Waals surface area contributed by atoms with Crippen LogP contribution < -0.4 is 5.11 Å². The number of aryl methyl sites for hydroxylation is 1. The van der Waals surface area contributed by atoms with Gasteiger partial charge in [0.2, 0.25) is 0 Å². The molecule has 0 amide bonds. The molecule has 1 aromatic carbocycles. The van der Waals surface area contributed by atoms with Crippen LogP contribution in [-0.4, -0.2) is 11.0 Å². The molecule has 0 unspecified atom stereocenters. The standard InChI is InChI=1S/C11H8ClNO2/c1-6-9(11(14)15)5-7-4-8(12)2-3-10(7)13-6/h2-5H,1H3,(H,14,15)/p-1. The number of carboxylic acid groups (broad SMARTS) is 1. The number of aromatic nitrogens is 1. The Bertz CT molecular complexity index is 552. The fourth-order valence-corrected chi connectivity index (χ4v) is 1.63. The second-order valence-electron chi connectivity index (χ2n) is 3.25. The number of carbonyl (C=O) groups excluding carboxylic acids is 1. The molecule has 3 nitrogen and oxygen atoms in total. The fraction of sp³-hybridized carbons (Fsp3) is 0.0909. The molecule has 0 bridgehead atoms. The Labute approximate surface area is 91.3 Å². The van der Waals surface area contributed by atoms with Gasteiger partial charge in [-0.2, -0.15) is 0 Å². The van der Waals surface area contributed by atoms with Crippen LogP contribution in [0.5, 0.6) is 0 Å². The van der Waals surface area contributed by atoms with Crippen LogP contribution in [0.25, 0.3) is 10.9 Å². The first-order valence-electron chi connectivity index (χ1n) is 4.36. The van der Waals surface area contributed by atoms with Gasteiger partial charge in [0.25, 0.3) is 0 Å². The van der Waals surface area contributed by atoms with Gasteiger partial charge in [-0.3, -0.25) is 4.98 Å². The van der Waals surface area contributed by atoms with Gasteiger partial charge in [-0.1, -0.05) is 11.6 Å². The predicted molar refractivity (Wildman–Crippen MR) is 55.8 cm³/mol. The largest absolute Gasteiger partial charge is 0.545 e. The highest BCUT2D eigenvalue weighted by atomic mass is 35.5. The fourth-order valence-electron chi connectivity index (χ4n) is 1.45. The number of fused-ring (bicyclic) bond motifs is 1. The third-order valence-corrected chi connectivity index (χ3v) is 2.42. The summed E-state index contributed by atoms with van der Waals surface area (Å²) in [7, 11) is 0. The Hall–Kier alpha value is -1.61. The lowest BCUT2D eigenvalue weighted by Crippen LogP contribution is -2.23. The molecule has 0 fully saturated rings. The van der Waals surface area contributed by atoms with Gasteiger partial charge in [0.05, 0.1) is 11.5 Å². The van der Waals surface area contributed by atoms with Gasteiger partial charge in [0.15, 0.2) is 0 Å². The quantitative estimate of drug-likeness (QED) is 0.733. The number of carboxylic acids is 1. The van der Waals surface area contributed by atoms with E-state index in [4.69, 9.17) is 11.6 Å². The molecule has 0 radical (unpaired) electrons. The molecular weight excluding hydrogens is 214 g/mol. The molecule has 1 aromatic heterocycles. The molecule has 0 aliphatic rings. The molecule has 4 heteroatoms. The highest BCUT2D eigenvalue weighted by Gasteiger charge is 2.04. The molecule has 0 spiro atoms. The SMILES string of the molecule is Cc1nc2ccc(Cl)cc2cc1C(=O)[O-]. The molecule has 1 heterocycles. The van der Waals surface area contributed by atoms with E-state index in [1.54, 1.807) is 25.1 Å². The molecule has 2 rings (SSSR count). The Morgan fingerprint density at radius 3 is 2.80 bits per heavy atom. The van der Waals surface area contributed by atoms with Crippen molar-refractivity contribution in [2.24, 2.45) is 0 Å². The summed E-state index contributed by atoms with van der Waals surface area (Å²) in [6.07, 6.45) is 0. The zero-order valence-corrected chi connectivity index (χ0v) is 8.71. The lowest BCUT2D eigenvalue weighted by Gasteiger charge is -2.07. The third kappa shape index (κ3) is 1.78. The van der Waals surface area contributed by atoms with Crippen LogP contribution in [0.4, 0.5) is 0 Å². The van der Waals surface area contributed by atoms with E-state index in [9.17, 15) is 9.90 Å². The highest BCUT2D eigenvalue weighted by Crippen LogP contribution is 2.20. The summed E-state index contributed by atoms with van der Waals surface area (Å²) in [5.41, 5.74) is 1.27. The van der Waals surface area contributed by atoms with Gasteiger partial charge in [-0.05, 0) is 31.2 Å². The summed E-state index contributed by atoms with van der Waals surface area (Å²) < 4.78 is 0. The molecule has 0 saturated heterocycles. The van der Waals surface area contributed by atoms with Crippen molar-refractivity contribution in [1.82, 2.24) is 4.98 Å². The summed E-state index contributed by atoms with van der Waals surface area (Å²) in [5.74, 6) is -1.22. The van der Waals surface area contributed by atoms with Crippen LogP contribution in [0, 0.1) is 6.92 Å². The van der Waals surface area contributed by atoms with Crippen LogP contribution in [0.3, 0.4) is 0 Å². The molecule has 2 aromatic rings. The van der Waals surface area contributed by atoms with Gasteiger partial charge in [-0.15, -0.1) is 0 Å². The van der Waals surface area contributed by atoms with Crippen molar-refractivity contribution in [1.29, 1.82) is 0 Å². The van der Waals surface area contributed by atoms with Crippen molar-refractivity contribution in [3.63, 3.8) is 0 Å². The van der Waals surface area contributed by atoms with E-state index < -0.39 is 5.97 Å². The number of halogens is 1. The maximum Gasteiger partial charge on any atom is 0.0733 e. The van der Waals surface area contributed by atoms with Gasteiger partial charge < -0.3 is 9.90 Å². The molecule has 0 aliphatic carbocycles. The minimum atomic E-state index is -1.22. The number of nitrogens with zero attached hydrogens (tertiary/aromatic N) is 1. The summed E-state index contributed by atoms with van der Waals surface area (Å²) >= 11 is 5.80. The average Bonchev–Trinajstić information content (AvgIpc) is 2.17. The van der Waals surface area contributed by atoms with E-state index in [2.05, 4.69) is 4.98 Å². The highest BCUT2D eigenvalue weighted by molar-refractivity contribution is 6.31. The second kappa shape index (κ2) is 3.51. The Balaban J connectivity index is 2.77. The number of pyridine rings is 1. The number of hydrogen-bond acceptors (Lipinski definition) is 3. The maximum atomic E-state index is 10.8. The molecular formula is C11H7ClNO2-. The zero-order chi connectivity index (χ0) is 11.0. The van der Waals surface area contributed by atoms with E-state index >= 15 is 0 Å². The van der Waals surface area contributed by atoms with Crippen LogP contribution in [0.15, 0.2) is 24.3 Å². The Kier molecular flexibility index (Phi) is 2.32. The van der Waals surface area contributed by atoms with Crippen LogP contribution in [0.1, 0.15) is 16.1 Å². The van der Waals surface area contributed by atoms with Crippen molar-refractivity contribution in [3.05, 3.63) is 40.5 Å². The molecule has 0 atom stereocenters. The first-order valence-corrected chi connectivity index (χ1v) is 4.74. The third-order valence-electron chi connectivity index (χ3n) is 2.19. The summed E-state index contributed by atoms with van der Waals surface area (Å²) in [6.45, 7) is 1.64. The smallest absolute Gasteiger partial charge is 0.0733 e. The van der Waals surface area contributed by atoms with Gasteiger partial charge in [-0.25, -0.2) is 0 Å². The first kappa shape index (κ1) is 9.93. The summed E-state index contributed by atoms with van der Waals surface area (Å²) in [5, 5.41) is 12.0. The van der Waals surface area contributed by atoms with Crippen molar-refractivity contribution in [3.8, 4) is 0 Å². The number of benzene rings is 1. The van der Waals surface area contributed by atoms with Crippen molar-refractivity contribution < 1.29 is 9.90 Å². The van der Waals surface area contributed by atoms with Crippen LogP contribution in [-0.2, 0) is 0 Å². The van der Waals surface area contributed by atoms with E-state index in [-0.39, 0.29) is 5.56 Å². The Morgan fingerprint density at radius 2 is 2.13 bits per heavy atom. The normalized spacial score (nSPS) is 10.5. The maximum absolute atomic E-state index is 10.8. The minimum absolute atomic E-state index is 0.102. The lowest BCUT2D eigenvalue weighted by atomic mass is 10.1. The number of hydrogen-bond donors (Lipinski definition) is 0. The molecule has 0 aliphatic heterocycles. The molecule has 15 heavy (non-hydrogen) atoms. The van der Waals surface area contributed by atoms with E-state index in [1.807, 2.05) is 0 Å².